The highest BCUT2D eigenvalue weighted by atomic mass is 16.5. The standard InChI is InChI=1S/C45H33NO/c1-2-16-32(17-3-1)46(41-22-12-15-30-13-4-6-18-34(30)41)33-26-28-37-36(29-33)44-35-19-7-5-14-31(35)25-27-40(44)45(37)38-20-8-10-23-42(38)47-43-24-11-9-21-39(43)45/h1-8,10-20,22-29,39,43H,9,21H2. The van der Waals surface area contributed by atoms with Gasteiger partial charge in [-0.3, -0.25) is 0 Å². The van der Waals surface area contributed by atoms with Gasteiger partial charge < -0.3 is 9.64 Å². The van der Waals surface area contributed by atoms with E-state index in [0.717, 1.165) is 30.0 Å². The third kappa shape index (κ3) is 3.73. The van der Waals surface area contributed by atoms with Gasteiger partial charge in [-0.25, -0.2) is 0 Å². The summed E-state index contributed by atoms with van der Waals surface area (Å²) in [5.41, 5.74) is 9.92. The number of para-hydroxylation sites is 2. The summed E-state index contributed by atoms with van der Waals surface area (Å²) in [6.45, 7) is 0. The smallest absolute Gasteiger partial charge is 0.124 e. The number of anilines is 3. The summed E-state index contributed by atoms with van der Waals surface area (Å²) in [5.74, 6) is 1.29. The molecule has 2 heteroatoms. The number of rotatable bonds is 3. The van der Waals surface area contributed by atoms with Gasteiger partial charge in [0.1, 0.15) is 11.9 Å². The number of fused-ring (bicyclic) bond motifs is 12. The van der Waals surface area contributed by atoms with Crippen molar-refractivity contribution in [3.63, 3.8) is 0 Å². The topological polar surface area (TPSA) is 12.5 Å². The van der Waals surface area contributed by atoms with Crippen LogP contribution in [0.4, 0.5) is 17.1 Å². The molecule has 1 heterocycles. The minimum Gasteiger partial charge on any atom is -0.486 e. The SMILES string of the molecule is C1=CC2Oc3ccccc3C3(c4ccc(N(c5ccccc5)c5cccc6ccccc56)cc4-c4c3ccc3ccccc43)C2CC1. The van der Waals surface area contributed by atoms with Gasteiger partial charge in [-0.15, -0.1) is 0 Å². The predicted molar refractivity (Wildman–Crippen MR) is 194 cm³/mol. The number of allylic oxidation sites excluding steroid dienone is 1. The Morgan fingerprint density at radius 1 is 0.574 bits per heavy atom. The molecule has 10 rings (SSSR count). The maximum Gasteiger partial charge on any atom is 0.124 e. The maximum absolute atomic E-state index is 6.76. The van der Waals surface area contributed by atoms with E-state index in [1.165, 1.54) is 55.0 Å². The number of hydrogen-bond acceptors (Lipinski definition) is 2. The van der Waals surface area contributed by atoms with Crippen LogP contribution in [0.5, 0.6) is 5.75 Å². The first-order valence-electron chi connectivity index (χ1n) is 16.8. The van der Waals surface area contributed by atoms with Gasteiger partial charge in [0.05, 0.1) is 11.1 Å². The summed E-state index contributed by atoms with van der Waals surface area (Å²) in [7, 11) is 0. The second kappa shape index (κ2) is 10.2. The molecule has 0 saturated heterocycles. The van der Waals surface area contributed by atoms with Crippen LogP contribution in [-0.4, -0.2) is 6.10 Å². The average molecular weight is 604 g/mol. The van der Waals surface area contributed by atoms with Crippen molar-refractivity contribution in [3.8, 4) is 16.9 Å². The van der Waals surface area contributed by atoms with Crippen molar-refractivity contribution in [2.24, 2.45) is 5.92 Å². The first-order valence-corrected chi connectivity index (χ1v) is 16.8. The summed E-state index contributed by atoms with van der Waals surface area (Å²) in [6.07, 6.45) is 6.80. The van der Waals surface area contributed by atoms with E-state index in [2.05, 4.69) is 169 Å². The molecule has 2 aliphatic carbocycles. The van der Waals surface area contributed by atoms with Crippen molar-refractivity contribution in [3.05, 3.63) is 181 Å². The highest BCUT2D eigenvalue weighted by Gasteiger charge is 2.56. The first kappa shape index (κ1) is 26.6. The molecule has 7 aromatic rings. The molecule has 1 spiro atoms. The number of hydrogen-bond donors (Lipinski definition) is 0. The Kier molecular flexibility index (Phi) is 5.77. The molecule has 7 aromatic carbocycles. The Balaban J connectivity index is 1.30. The van der Waals surface area contributed by atoms with Crippen LogP contribution < -0.4 is 9.64 Å². The molecule has 3 unspecified atom stereocenters. The van der Waals surface area contributed by atoms with E-state index < -0.39 is 0 Å². The Morgan fingerprint density at radius 3 is 2.19 bits per heavy atom. The Bertz CT molecular complexity index is 2370. The summed E-state index contributed by atoms with van der Waals surface area (Å²) < 4.78 is 6.76. The number of benzene rings is 7. The summed E-state index contributed by atoms with van der Waals surface area (Å²) >= 11 is 0. The van der Waals surface area contributed by atoms with Crippen LogP contribution in [0.15, 0.2) is 164 Å². The Morgan fingerprint density at radius 2 is 1.30 bits per heavy atom. The molecular formula is C45H33NO. The van der Waals surface area contributed by atoms with Crippen LogP contribution in [-0.2, 0) is 5.41 Å². The van der Waals surface area contributed by atoms with Crippen LogP contribution in [0, 0.1) is 5.92 Å². The van der Waals surface area contributed by atoms with Gasteiger partial charge in [-0.2, -0.15) is 0 Å². The van der Waals surface area contributed by atoms with Crippen LogP contribution in [0.25, 0.3) is 32.7 Å². The van der Waals surface area contributed by atoms with Crippen molar-refractivity contribution in [2.75, 3.05) is 4.90 Å². The van der Waals surface area contributed by atoms with E-state index in [0.29, 0.717) is 0 Å². The minimum atomic E-state index is -0.311. The molecular weight excluding hydrogens is 571 g/mol. The molecule has 1 aliphatic heterocycles. The molecule has 2 nitrogen and oxygen atoms in total. The fourth-order valence-corrected chi connectivity index (χ4v) is 8.99. The summed E-state index contributed by atoms with van der Waals surface area (Å²) in [4.78, 5) is 2.43. The second-order valence-corrected chi connectivity index (χ2v) is 13.1. The number of nitrogens with zero attached hydrogens (tertiary/aromatic N) is 1. The molecule has 0 aromatic heterocycles. The minimum absolute atomic E-state index is 0.0279. The lowest BCUT2D eigenvalue weighted by Crippen LogP contribution is -2.48. The quantitative estimate of drug-likeness (QED) is 0.186. The average Bonchev–Trinajstić information content (AvgIpc) is 3.43. The van der Waals surface area contributed by atoms with Crippen molar-refractivity contribution in [1.29, 1.82) is 0 Å². The Hall–Kier alpha value is -5.60. The van der Waals surface area contributed by atoms with Crippen molar-refractivity contribution < 1.29 is 4.74 Å². The van der Waals surface area contributed by atoms with Gasteiger partial charge >= 0.3 is 0 Å². The molecule has 0 amide bonds. The van der Waals surface area contributed by atoms with E-state index in [-0.39, 0.29) is 17.4 Å². The van der Waals surface area contributed by atoms with E-state index >= 15 is 0 Å². The van der Waals surface area contributed by atoms with Gasteiger partial charge in [0.25, 0.3) is 0 Å². The van der Waals surface area contributed by atoms with Gasteiger partial charge in [0.2, 0.25) is 0 Å². The molecule has 224 valence electrons. The zero-order valence-electron chi connectivity index (χ0n) is 26.0. The third-order valence-electron chi connectivity index (χ3n) is 10.8. The molecule has 3 atom stereocenters. The number of ether oxygens (including phenoxy) is 1. The lowest BCUT2D eigenvalue weighted by atomic mass is 9.58. The van der Waals surface area contributed by atoms with Crippen molar-refractivity contribution >= 4 is 38.6 Å². The predicted octanol–water partition coefficient (Wildman–Crippen LogP) is 11.5. The van der Waals surface area contributed by atoms with Crippen LogP contribution in [0.1, 0.15) is 29.5 Å². The van der Waals surface area contributed by atoms with Gasteiger partial charge in [0.15, 0.2) is 0 Å². The van der Waals surface area contributed by atoms with Crippen LogP contribution in [0.2, 0.25) is 0 Å². The molecule has 0 N–H and O–H groups in total. The Labute approximate surface area is 275 Å². The zero-order chi connectivity index (χ0) is 31.0. The molecule has 0 radical (unpaired) electrons. The van der Waals surface area contributed by atoms with Gasteiger partial charge in [0, 0.05) is 28.2 Å². The first-order chi connectivity index (χ1) is 23.3. The highest BCUT2D eigenvalue weighted by molar-refractivity contribution is 6.05. The molecule has 0 bridgehead atoms. The normalized spacial score (nSPS) is 20.3. The lowest BCUT2D eigenvalue weighted by molar-refractivity contribution is 0.102. The monoisotopic (exact) mass is 603 g/mol. The fourth-order valence-electron chi connectivity index (χ4n) is 8.99. The fraction of sp³-hybridized carbons (Fsp3) is 0.111. The largest absolute Gasteiger partial charge is 0.486 e. The molecule has 3 aliphatic rings. The van der Waals surface area contributed by atoms with E-state index in [1.54, 1.807) is 0 Å². The van der Waals surface area contributed by atoms with Gasteiger partial charge in [-0.05, 0) is 93.7 Å². The van der Waals surface area contributed by atoms with Crippen LogP contribution in [0.3, 0.4) is 0 Å². The second-order valence-electron chi connectivity index (χ2n) is 13.1. The van der Waals surface area contributed by atoms with E-state index in [4.69, 9.17) is 4.74 Å². The third-order valence-corrected chi connectivity index (χ3v) is 10.8. The lowest BCUT2D eigenvalue weighted by Gasteiger charge is -2.49. The van der Waals surface area contributed by atoms with Gasteiger partial charge in [-0.1, -0.05) is 121 Å². The van der Waals surface area contributed by atoms with E-state index in [1.807, 2.05) is 0 Å². The molecule has 0 saturated carbocycles. The molecule has 0 fully saturated rings. The summed E-state index contributed by atoms with van der Waals surface area (Å²) in [6, 6.07) is 55.8. The maximum atomic E-state index is 6.76. The zero-order valence-corrected chi connectivity index (χ0v) is 26.0. The van der Waals surface area contributed by atoms with Crippen molar-refractivity contribution in [1.82, 2.24) is 0 Å². The summed E-state index contributed by atoms with van der Waals surface area (Å²) in [5, 5.41) is 5.05. The van der Waals surface area contributed by atoms with E-state index in [9.17, 15) is 0 Å². The molecule has 47 heavy (non-hydrogen) atoms. The van der Waals surface area contributed by atoms with Crippen molar-refractivity contribution in [2.45, 2.75) is 24.4 Å². The highest BCUT2D eigenvalue weighted by Crippen LogP contribution is 2.64. The van der Waals surface area contributed by atoms with Crippen LogP contribution >= 0.6 is 0 Å².